The number of hydrogen-bond acceptors (Lipinski definition) is 6. The van der Waals surface area contributed by atoms with E-state index < -0.39 is 17.5 Å². The van der Waals surface area contributed by atoms with Crippen LogP contribution in [0.5, 0.6) is 5.75 Å². The van der Waals surface area contributed by atoms with E-state index in [2.05, 4.69) is 45.5 Å². The number of benzene rings is 3. The Hall–Kier alpha value is -3.32. The van der Waals surface area contributed by atoms with E-state index in [1.165, 1.54) is 0 Å². The molecule has 1 aliphatic rings. The van der Waals surface area contributed by atoms with Crippen molar-refractivity contribution in [3.8, 4) is 16.9 Å². The molecule has 1 heterocycles. The van der Waals surface area contributed by atoms with Gasteiger partial charge in [0, 0.05) is 16.8 Å². The molecule has 0 aromatic heterocycles. The van der Waals surface area contributed by atoms with Gasteiger partial charge in [-0.1, -0.05) is 54.6 Å². The number of carbonyl (C=O) groups is 2. The number of rotatable bonds is 7. The van der Waals surface area contributed by atoms with Crippen molar-refractivity contribution in [1.29, 1.82) is 0 Å². The fraction of sp³-hybridized carbons (Fsp3) is 0.286. The summed E-state index contributed by atoms with van der Waals surface area (Å²) in [5, 5.41) is 3.18. The number of hydrogen-bond donors (Lipinski definition) is 1. The van der Waals surface area contributed by atoms with Gasteiger partial charge in [0.15, 0.2) is 0 Å². The molecule has 7 heteroatoms. The Balaban J connectivity index is 1.85. The van der Waals surface area contributed by atoms with E-state index in [0.717, 1.165) is 22.3 Å². The fourth-order valence-electron chi connectivity index (χ4n) is 4.50. The van der Waals surface area contributed by atoms with E-state index in [0.29, 0.717) is 15.9 Å². The molecule has 1 N–H and O–H groups in total. The molecule has 0 bridgehead atoms. The molecule has 35 heavy (non-hydrogen) atoms. The molecule has 0 fully saturated rings. The van der Waals surface area contributed by atoms with E-state index >= 15 is 0 Å². The van der Waals surface area contributed by atoms with Crippen molar-refractivity contribution in [2.75, 3.05) is 25.6 Å². The highest BCUT2D eigenvalue weighted by molar-refractivity contribution is 9.10. The summed E-state index contributed by atoms with van der Waals surface area (Å²) in [6.07, 6.45) is 0.141. The van der Waals surface area contributed by atoms with Crippen LogP contribution in [0.4, 0.5) is 5.69 Å². The lowest BCUT2D eigenvalue weighted by atomic mass is 9.75. The highest BCUT2D eigenvalue weighted by Gasteiger charge is 2.54. The molecular weight excluding hydrogens is 510 g/mol. The first kappa shape index (κ1) is 24.8. The van der Waals surface area contributed by atoms with E-state index in [1.54, 1.807) is 27.0 Å². The van der Waals surface area contributed by atoms with Gasteiger partial charge in [-0.15, -0.1) is 0 Å². The van der Waals surface area contributed by atoms with Crippen LogP contribution in [-0.2, 0) is 19.1 Å². The summed E-state index contributed by atoms with van der Waals surface area (Å²) < 4.78 is 16.9. The third kappa shape index (κ3) is 4.78. The molecule has 1 unspecified atom stereocenters. The Bertz CT molecular complexity index is 1190. The maximum Gasteiger partial charge on any atom is 0.343 e. The van der Waals surface area contributed by atoms with Gasteiger partial charge in [-0.3, -0.25) is 0 Å². The number of halogens is 1. The minimum Gasteiger partial charge on any atom is -0.497 e. The zero-order chi connectivity index (χ0) is 25.0. The Morgan fingerprint density at radius 2 is 1.54 bits per heavy atom. The second-order valence-electron chi connectivity index (χ2n) is 8.29. The molecule has 1 atom stereocenters. The third-order valence-electron chi connectivity index (χ3n) is 6.22. The monoisotopic (exact) mass is 537 g/mol. The standard InChI is InChI=1S/C28H28BrNO5/c1-4-34-26(31)28(27(32)35-5-2)17-23(22-15-21(33-3)16-24(29)25(22)30-28)20-13-11-19(12-14-20)18-9-7-6-8-10-18/h6-16,23,30H,4-5,17H2,1-3H3. The largest absolute Gasteiger partial charge is 0.497 e. The second kappa shape index (κ2) is 10.5. The molecule has 0 saturated carbocycles. The molecule has 0 amide bonds. The van der Waals surface area contributed by atoms with Crippen LogP contribution in [0.2, 0.25) is 0 Å². The maximum atomic E-state index is 13.3. The van der Waals surface area contributed by atoms with E-state index in [-0.39, 0.29) is 25.6 Å². The number of anilines is 1. The van der Waals surface area contributed by atoms with E-state index in [4.69, 9.17) is 14.2 Å². The van der Waals surface area contributed by atoms with E-state index in [9.17, 15) is 9.59 Å². The number of fused-ring (bicyclic) bond motifs is 1. The lowest BCUT2D eigenvalue weighted by molar-refractivity contribution is -0.163. The zero-order valence-electron chi connectivity index (χ0n) is 20.0. The van der Waals surface area contributed by atoms with Crippen LogP contribution < -0.4 is 10.1 Å². The van der Waals surface area contributed by atoms with Crippen LogP contribution in [0.1, 0.15) is 37.3 Å². The number of carbonyl (C=O) groups excluding carboxylic acids is 2. The molecule has 0 radical (unpaired) electrons. The normalized spacial score (nSPS) is 15.9. The fourth-order valence-corrected chi connectivity index (χ4v) is 5.06. The van der Waals surface area contributed by atoms with Crippen LogP contribution in [0.3, 0.4) is 0 Å². The van der Waals surface area contributed by atoms with Crippen molar-refractivity contribution >= 4 is 33.6 Å². The average molecular weight is 538 g/mol. The highest BCUT2D eigenvalue weighted by Crippen LogP contribution is 2.48. The molecule has 4 rings (SSSR count). The van der Waals surface area contributed by atoms with Crippen molar-refractivity contribution in [3.63, 3.8) is 0 Å². The summed E-state index contributed by atoms with van der Waals surface area (Å²) in [6.45, 7) is 3.73. The van der Waals surface area contributed by atoms with Gasteiger partial charge in [-0.2, -0.15) is 0 Å². The van der Waals surface area contributed by atoms with Crippen LogP contribution >= 0.6 is 15.9 Å². The van der Waals surface area contributed by atoms with Crippen molar-refractivity contribution in [2.45, 2.75) is 31.7 Å². The summed E-state index contributed by atoms with van der Waals surface area (Å²) >= 11 is 3.60. The Labute approximate surface area is 213 Å². The van der Waals surface area contributed by atoms with Crippen LogP contribution in [0, 0.1) is 0 Å². The van der Waals surface area contributed by atoms with Crippen molar-refractivity contribution in [1.82, 2.24) is 0 Å². The predicted octanol–water partition coefficient (Wildman–Crippen LogP) is 5.94. The zero-order valence-corrected chi connectivity index (χ0v) is 21.6. The molecule has 0 aliphatic carbocycles. The Morgan fingerprint density at radius 3 is 2.11 bits per heavy atom. The summed E-state index contributed by atoms with van der Waals surface area (Å²) in [5.74, 6) is -0.935. The van der Waals surface area contributed by atoms with Crippen LogP contribution in [0.15, 0.2) is 71.2 Å². The van der Waals surface area contributed by atoms with Crippen LogP contribution in [0.25, 0.3) is 11.1 Å². The lowest BCUT2D eigenvalue weighted by Crippen LogP contribution is -2.58. The number of nitrogens with one attached hydrogen (secondary N) is 1. The minimum atomic E-state index is -1.68. The molecule has 3 aromatic carbocycles. The average Bonchev–Trinajstić information content (AvgIpc) is 2.89. The van der Waals surface area contributed by atoms with Crippen molar-refractivity contribution in [2.24, 2.45) is 0 Å². The van der Waals surface area contributed by atoms with Gasteiger partial charge in [0.05, 0.1) is 26.0 Å². The summed E-state index contributed by atoms with van der Waals surface area (Å²) in [6, 6.07) is 22.0. The minimum absolute atomic E-state index is 0.141. The molecule has 6 nitrogen and oxygen atoms in total. The van der Waals surface area contributed by atoms with Gasteiger partial charge in [0.2, 0.25) is 5.54 Å². The predicted molar refractivity (Wildman–Crippen MR) is 139 cm³/mol. The van der Waals surface area contributed by atoms with Gasteiger partial charge < -0.3 is 19.5 Å². The number of esters is 2. The number of ether oxygens (including phenoxy) is 3. The first-order chi connectivity index (χ1) is 16.9. The molecule has 0 saturated heterocycles. The maximum absolute atomic E-state index is 13.3. The molecule has 3 aromatic rings. The van der Waals surface area contributed by atoms with E-state index in [1.807, 2.05) is 36.4 Å². The van der Waals surface area contributed by atoms with Gasteiger partial charge >= 0.3 is 11.9 Å². The summed E-state index contributed by atoms with van der Waals surface area (Å²) in [7, 11) is 1.61. The number of methoxy groups -OCH3 is 1. The van der Waals surface area contributed by atoms with Crippen molar-refractivity contribution in [3.05, 3.63) is 82.3 Å². The Morgan fingerprint density at radius 1 is 0.943 bits per heavy atom. The lowest BCUT2D eigenvalue weighted by Gasteiger charge is -2.40. The first-order valence-electron chi connectivity index (χ1n) is 11.6. The SMILES string of the molecule is CCOC(=O)C1(C(=O)OCC)CC(c2ccc(-c3ccccc3)cc2)c2cc(OC)cc(Br)c2N1. The first-order valence-corrected chi connectivity index (χ1v) is 12.4. The van der Waals surface area contributed by atoms with Gasteiger partial charge in [-0.25, -0.2) is 9.59 Å². The summed E-state index contributed by atoms with van der Waals surface area (Å²) in [5.41, 5.74) is 3.02. The molecule has 1 aliphatic heterocycles. The van der Waals surface area contributed by atoms with Crippen molar-refractivity contribution < 1.29 is 23.8 Å². The highest BCUT2D eigenvalue weighted by atomic mass is 79.9. The smallest absolute Gasteiger partial charge is 0.343 e. The van der Waals surface area contributed by atoms with Gasteiger partial charge in [0.1, 0.15) is 5.75 Å². The molecular formula is C28H28BrNO5. The topological polar surface area (TPSA) is 73.9 Å². The third-order valence-corrected chi connectivity index (χ3v) is 6.85. The quantitative estimate of drug-likeness (QED) is 0.297. The molecule has 182 valence electrons. The molecule has 0 spiro atoms. The Kier molecular flexibility index (Phi) is 7.45. The van der Waals surface area contributed by atoms with Gasteiger partial charge in [-0.05, 0) is 64.2 Å². The van der Waals surface area contributed by atoms with Gasteiger partial charge in [0.25, 0.3) is 0 Å². The second-order valence-corrected chi connectivity index (χ2v) is 9.14. The van der Waals surface area contributed by atoms with Crippen LogP contribution in [-0.4, -0.2) is 37.8 Å². The summed E-state index contributed by atoms with van der Waals surface area (Å²) in [4.78, 5) is 26.5.